The van der Waals surface area contributed by atoms with Crippen molar-refractivity contribution in [3.8, 4) is 11.4 Å². The Morgan fingerprint density at radius 3 is 1.46 bits per heavy atom. The van der Waals surface area contributed by atoms with Crippen LogP contribution in [0.1, 0.15) is 87.0 Å². The lowest BCUT2D eigenvalue weighted by Gasteiger charge is -2.09. The first-order valence-corrected chi connectivity index (χ1v) is 22.1. The number of hydrogen-bond acceptors (Lipinski definition) is 13. The number of carbonyl (C=O) groups excluding carboxylic acids is 3. The van der Waals surface area contributed by atoms with E-state index in [0.717, 1.165) is 22.3 Å². The van der Waals surface area contributed by atoms with Crippen LogP contribution in [0, 0.1) is 11.8 Å². The minimum absolute atomic E-state index is 0.0735. The molecule has 0 saturated carbocycles. The van der Waals surface area contributed by atoms with Crippen LogP contribution in [0.25, 0.3) is 11.4 Å². The number of aromatic nitrogens is 8. The Labute approximate surface area is 388 Å². The van der Waals surface area contributed by atoms with Crippen LogP contribution in [-0.2, 0) is 72.2 Å². The lowest BCUT2D eigenvalue weighted by atomic mass is 10.0. The molecule has 354 valence electrons. The first-order chi connectivity index (χ1) is 32.1. The molecule has 4 heterocycles. The molecule has 0 aliphatic rings. The molecule has 18 heteroatoms. The third-order valence-electron chi connectivity index (χ3n) is 9.88. The number of hydrogen-bond donors (Lipinski definition) is 1. The molecule has 0 bridgehead atoms. The topological polar surface area (TPSA) is 222 Å². The SMILES string of the molecule is CC(C)COC(=O)Cc1cccc(Cc2nn(-c3cnn(CCCC(=O)O)c3)ccc2=O)c1.COC(=O)CCCn1cc(-n2ccc(=O)c(Cc3cccc(CC(=O)OCC(C)C)c3)n2)cn1. The van der Waals surface area contributed by atoms with Gasteiger partial charge in [0.2, 0.25) is 10.9 Å². The number of esters is 3. The van der Waals surface area contributed by atoms with Crippen LogP contribution < -0.4 is 10.9 Å². The predicted octanol–water partition coefficient (Wildman–Crippen LogP) is 5.34. The fraction of sp³-hybridized carbons (Fsp3) is 0.388. The van der Waals surface area contributed by atoms with Crippen molar-refractivity contribution in [1.29, 1.82) is 0 Å². The van der Waals surface area contributed by atoms with Crippen molar-refractivity contribution in [3.63, 3.8) is 0 Å². The van der Waals surface area contributed by atoms with Gasteiger partial charge in [0.05, 0.1) is 58.0 Å². The molecule has 6 rings (SSSR count). The highest BCUT2D eigenvalue weighted by Crippen LogP contribution is 2.14. The molecule has 67 heavy (non-hydrogen) atoms. The third-order valence-corrected chi connectivity index (χ3v) is 9.88. The zero-order chi connectivity index (χ0) is 48.3. The average molecular weight is 919 g/mol. The van der Waals surface area contributed by atoms with Crippen molar-refractivity contribution in [3.05, 3.63) is 152 Å². The van der Waals surface area contributed by atoms with E-state index < -0.39 is 5.97 Å². The molecule has 0 radical (unpaired) electrons. The van der Waals surface area contributed by atoms with Gasteiger partial charge >= 0.3 is 23.9 Å². The van der Waals surface area contributed by atoms with Crippen molar-refractivity contribution in [2.24, 2.45) is 11.8 Å². The molecule has 4 aromatic heterocycles. The number of benzene rings is 2. The second-order valence-electron chi connectivity index (χ2n) is 16.7. The van der Waals surface area contributed by atoms with Gasteiger partial charge in [-0.1, -0.05) is 76.2 Å². The molecule has 0 aliphatic carbocycles. The number of rotatable bonds is 22. The van der Waals surface area contributed by atoms with Gasteiger partial charge in [-0.25, -0.2) is 9.36 Å². The predicted molar refractivity (Wildman–Crippen MR) is 247 cm³/mol. The third kappa shape index (κ3) is 17.1. The Kier molecular flexibility index (Phi) is 19.0. The quantitative estimate of drug-likeness (QED) is 0.0671. The number of nitrogens with zero attached hydrogens (tertiary/aromatic N) is 8. The van der Waals surface area contributed by atoms with Gasteiger partial charge in [0.25, 0.3) is 0 Å². The van der Waals surface area contributed by atoms with Crippen molar-refractivity contribution >= 4 is 23.9 Å². The molecule has 1 N–H and O–H groups in total. The Morgan fingerprint density at radius 1 is 0.612 bits per heavy atom. The molecule has 2 aromatic carbocycles. The van der Waals surface area contributed by atoms with Gasteiger partial charge in [0, 0.05) is 63.3 Å². The smallest absolute Gasteiger partial charge is 0.310 e. The van der Waals surface area contributed by atoms with E-state index in [1.165, 1.54) is 19.2 Å². The van der Waals surface area contributed by atoms with Crippen LogP contribution >= 0.6 is 0 Å². The molecule has 0 amide bonds. The zero-order valence-electron chi connectivity index (χ0n) is 38.6. The number of carboxylic acids is 1. The maximum atomic E-state index is 12.4. The summed E-state index contributed by atoms with van der Waals surface area (Å²) in [5.41, 5.74) is 5.21. The molecule has 0 atom stereocenters. The number of carboxylic acid groups (broad SMARTS) is 1. The summed E-state index contributed by atoms with van der Waals surface area (Å²) < 4.78 is 21.7. The molecule has 6 aromatic rings. The highest BCUT2D eigenvalue weighted by atomic mass is 16.5. The summed E-state index contributed by atoms with van der Waals surface area (Å²) in [6, 6.07) is 17.9. The maximum absolute atomic E-state index is 12.4. The normalized spacial score (nSPS) is 11.0. The second-order valence-corrected chi connectivity index (χ2v) is 16.7. The summed E-state index contributed by atoms with van der Waals surface area (Å²) >= 11 is 0. The van der Waals surface area contributed by atoms with E-state index in [1.807, 2.05) is 82.4 Å². The lowest BCUT2D eigenvalue weighted by molar-refractivity contribution is -0.144. The molecule has 18 nitrogen and oxygen atoms in total. The Morgan fingerprint density at radius 2 is 1.04 bits per heavy atom. The van der Waals surface area contributed by atoms with E-state index in [1.54, 1.807) is 49.7 Å². The van der Waals surface area contributed by atoms with Crippen LogP contribution in [0.2, 0.25) is 0 Å². The minimum atomic E-state index is -0.842. The molecule has 0 aliphatic heterocycles. The molecular formula is C49H58N8O10. The van der Waals surface area contributed by atoms with E-state index >= 15 is 0 Å². The van der Waals surface area contributed by atoms with Gasteiger partial charge in [-0.3, -0.25) is 38.1 Å². The van der Waals surface area contributed by atoms with E-state index in [-0.39, 0.29) is 59.9 Å². The summed E-state index contributed by atoms with van der Waals surface area (Å²) in [5.74, 6) is -1.07. The molecular weight excluding hydrogens is 861 g/mol. The van der Waals surface area contributed by atoms with Crippen LogP contribution in [0.4, 0.5) is 0 Å². The first-order valence-electron chi connectivity index (χ1n) is 22.1. The van der Waals surface area contributed by atoms with Crippen LogP contribution in [0.3, 0.4) is 0 Å². The highest BCUT2D eigenvalue weighted by molar-refractivity contribution is 5.73. The van der Waals surface area contributed by atoms with Crippen LogP contribution in [0.5, 0.6) is 0 Å². The van der Waals surface area contributed by atoms with Gasteiger partial charge in [-0.15, -0.1) is 0 Å². The average Bonchev–Trinajstić information content (AvgIpc) is 3.97. The van der Waals surface area contributed by atoms with E-state index in [2.05, 4.69) is 25.1 Å². The fourth-order valence-electron chi connectivity index (χ4n) is 6.53. The van der Waals surface area contributed by atoms with Gasteiger partial charge in [0.1, 0.15) is 22.8 Å². The van der Waals surface area contributed by atoms with E-state index in [9.17, 15) is 28.8 Å². The highest BCUT2D eigenvalue weighted by Gasteiger charge is 2.13. The summed E-state index contributed by atoms with van der Waals surface area (Å²) in [6.07, 6.45) is 12.5. The number of aliphatic carboxylic acids is 1. The van der Waals surface area contributed by atoms with Gasteiger partial charge in [-0.2, -0.15) is 20.4 Å². The monoisotopic (exact) mass is 918 g/mol. The second kappa shape index (κ2) is 25.3. The van der Waals surface area contributed by atoms with E-state index in [0.29, 0.717) is 81.2 Å². The molecule has 0 saturated heterocycles. The Bertz CT molecular complexity index is 2720. The fourth-order valence-corrected chi connectivity index (χ4v) is 6.53. The minimum Gasteiger partial charge on any atom is -0.481 e. The van der Waals surface area contributed by atoms with Crippen molar-refractivity contribution < 1.29 is 38.5 Å². The van der Waals surface area contributed by atoms with Gasteiger partial charge in [-0.05, 0) is 46.9 Å². The number of methoxy groups -OCH3 is 1. The lowest BCUT2D eigenvalue weighted by Crippen LogP contribution is -2.16. The standard InChI is InChI=1S/C25H30N4O5.C24H28N4O5/c1-18(2)17-34-25(32)14-20-7-4-6-19(12-20)13-22-23(30)9-11-29(27-22)21-15-26-28(16-21)10-5-8-24(31)33-3;1-17(2)16-33-24(32)13-19-6-3-5-18(11-19)12-21-22(29)8-10-28(26-21)20-14-25-27(15-20)9-4-7-23(30)31/h4,6-7,9,11-12,15-16,18H,5,8,10,13-14,17H2,1-3H3;3,5-6,8,10-11,14-15,17H,4,7,9,12-13,16H2,1-2H3,(H,30,31). The summed E-state index contributed by atoms with van der Waals surface area (Å²) in [7, 11) is 1.37. The zero-order valence-corrected chi connectivity index (χ0v) is 38.6. The summed E-state index contributed by atoms with van der Waals surface area (Å²) in [5, 5.41) is 26.3. The van der Waals surface area contributed by atoms with Gasteiger partial charge < -0.3 is 19.3 Å². The summed E-state index contributed by atoms with van der Waals surface area (Å²) in [4.78, 5) is 70.8. The van der Waals surface area contributed by atoms with Crippen molar-refractivity contribution in [1.82, 2.24) is 39.1 Å². The van der Waals surface area contributed by atoms with Gasteiger partial charge in [0.15, 0.2) is 0 Å². The molecule has 0 fully saturated rings. The Balaban J connectivity index is 0.000000251. The Hall–Kier alpha value is -7.50. The number of aryl methyl sites for hydroxylation is 2. The largest absolute Gasteiger partial charge is 0.481 e. The van der Waals surface area contributed by atoms with Crippen molar-refractivity contribution in [2.75, 3.05) is 20.3 Å². The van der Waals surface area contributed by atoms with Crippen LogP contribution in [0.15, 0.2) is 107 Å². The first kappa shape index (κ1) is 50.5. The number of ether oxygens (including phenoxy) is 3. The molecule has 0 unspecified atom stereocenters. The van der Waals surface area contributed by atoms with E-state index in [4.69, 9.17) is 14.6 Å². The molecule has 0 spiro atoms. The maximum Gasteiger partial charge on any atom is 0.310 e. The van der Waals surface area contributed by atoms with Crippen molar-refractivity contribution in [2.45, 2.75) is 92.2 Å². The summed E-state index contributed by atoms with van der Waals surface area (Å²) in [6.45, 7) is 9.78. The number of carbonyl (C=O) groups is 4. The van der Waals surface area contributed by atoms with Crippen LogP contribution in [-0.4, -0.2) is 88.4 Å².